The number of pyridine rings is 2. The number of nitrogens with one attached hydrogen (secondary N) is 1. The van der Waals surface area contributed by atoms with Gasteiger partial charge in [0, 0.05) is 42.5 Å². The number of H-pyrrole nitrogens is 1. The van der Waals surface area contributed by atoms with Gasteiger partial charge in [0.25, 0.3) is 5.56 Å². The molecule has 5 rings (SSSR count). The average Bonchev–Trinajstić information content (AvgIpc) is 3.42. The lowest BCUT2D eigenvalue weighted by atomic mass is 10.1. The van der Waals surface area contributed by atoms with Crippen LogP contribution in [0.3, 0.4) is 0 Å². The monoisotopic (exact) mass is 543 g/mol. The van der Waals surface area contributed by atoms with Gasteiger partial charge in [0.1, 0.15) is 5.82 Å². The molecule has 0 radical (unpaired) electrons. The summed E-state index contributed by atoms with van der Waals surface area (Å²) in [5.41, 5.74) is 2.90. The van der Waals surface area contributed by atoms with E-state index in [4.69, 9.17) is 9.47 Å². The van der Waals surface area contributed by atoms with Gasteiger partial charge in [-0.15, -0.1) is 5.10 Å². The maximum Gasteiger partial charge on any atom is 0.252 e. The third-order valence-corrected chi connectivity index (χ3v) is 6.84. The molecule has 5 aromatic rings. The van der Waals surface area contributed by atoms with Crippen molar-refractivity contribution < 1.29 is 13.9 Å². The van der Waals surface area contributed by atoms with Crippen LogP contribution in [0.1, 0.15) is 41.9 Å². The van der Waals surface area contributed by atoms with Gasteiger partial charge in [-0.05, 0) is 58.3 Å². The van der Waals surface area contributed by atoms with Crippen LogP contribution in [0.5, 0.6) is 11.5 Å². The van der Waals surface area contributed by atoms with Crippen LogP contribution in [-0.2, 0) is 19.6 Å². The second-order valence-electron chi connectivity index (χ2n) is 9.43. The van der Waals surface area contributed by atoms with E-state index in [9.17, 15) is 9.18 Å². The van der Waals surface area contributed by atoms with Gasteiger partial charge in [0.15, 0.2) is 17.3 Å². The fourth-order valence-electron chi connectivity index (χ4n) is 4.85. The van der Waals surface area contributed by atoms with Gasteiger partial charge < -0.3 is 14.5 Å². The number of hydrogen-bond acceptors (Lipinski definition) is 8. The first kappa shape index (κ1) is 26.9. The minimum atomic E-state index is -0.300. The van der Waals surface area contributed by atoms with Crippen molar-refractivity contribution in [1.82, 2.24) is 35.1 Å². The van der Waals surface area contributed by atoms with Gasteiger partial charge in [-0.1, -0.05) is 25.1 Å². The summed E-state index contributed by atoms with van der Waals surface area (Å²) in [4.78, 5) is 22.7. The molecule has 1 N–H and O–H groups in total. The van der Waals surface area contributed by atoms with Crippen LogP contribution in [-0.4, -0.2) is 49.3 Å². The lowest BCUT2D eigenvalue weighted by molar-refractivity contribution is 0.161. The second kappa shape index (κ2) is 12.0. The summed E-state index contributed by atoms with van der Waals surface area (Å²) in [5.74, 6) is 1.47. The first-order valence-electron chi connectivity index (χ1n) is 12.9. The first-order chi connectivity index (χ1) is 19.5. The number of nitrogens with zero attached hydrogens (tertiary/aromatic N) is 6. The lowest BCUT2D eigenvalue weighted by Gasteiger charge is -2.30. The third kappa shape index (κ3) is 5.84. The van der Waals surface area contributed by atoms with E-state index < -0.39 is 0 Å². The van der Waals surface area contributed by atoms with Gasteiger partial charge in [-0.25, -0.2) is 9.07 Å². The number of fused-ring (bicyclic) bond motifs is 1. The van der Waals surface area contributed by atoms with Gasteiger partial charge in [-0.2, -0.15) is 0 Å². The van der Waals surface area contributed by atoms with Crippen molar-refractivity contribution in [3.05, 3.63) is 106 Å². The van der Waals surface area contributed by atoms with E-state index in [2.05, 4.69) is 37.3 Å². The molecule has 0 spiro atoms. The molecule has 0 saturated carbocycles. The number of aromatic nitrogens is 6. The Morgan fingerprint density at radius 1 is 1.02 bits per heavy atom. The van der Waals surface area contributed by atoms with Crippen molar-refractivity contribution >= 4 is 10.9 Å². The first-order valence-corrected chi connectivity index (χ1v) is 12.9. The molecule has 40 heavy (non-hydrogen) atoms. The summed E-state index contributed by atoms with van der Waals surface area (Å²) >= 11 is 0. The normalized spacial score (nSPS) is 12.1. The molecule has 0 amide bonds. The van der Waals surface area contributed by atoms with Crippen LogP contribution in [0.15, 0.2) is 71.8 Å². The SMILES string of the molecule is CCC(c1nnnn1Cc1ccc(F)cc1)N(Cc1cccnc1)Cc1cc2cc(OC)c(OC)cc2[nH]c1=O. The Morgan fingerprint density at radius 2 is 1.80 bits per heavy atom. The van der Waals surface area contributed by atoms with E-state index in [1.807, 2.05) is 30.5 Å². The molecule has 0 saturated heterocycles. The minimum Gasteiger partial charge on any atom is -0.493 e. The zero-order valence-corrected chi connectivity index (χ0v) is 22.5. The average molecular weight is 544 g/mol. The molecule has 0 bridgehead atoms. The van der Waals surface area contributed by atoms with Crippen molar-refractivity contribution in [2.75, 3.05) is 14.2 Å². The smallest absolute Gasteiger partial charge is 0.252 e. The van der Waals surface area contributed by atoms with Gasteiger partial charge in [0.05, 0.1) is 32.3 Å². The van der Waals surface area contributed by atoms with Crippen molar-refractivity contribution in [2.24, 2.45) is 0 Å². The Hall–Kier alpha value is -4.64. The number of aromatic amines is 1. The van der Waals surface area contributed by atoms with Crippen LogP contribution in [0.2, 0.25) is 0 Å². The number of ether oxygens (including phenoxy) is 2. The predicted octanol–water partition coefficient (Wildman–Crippen LogP) is 4.27. The van der Waals surface area contributed by atoms with Crippen LogP contribution in [0, 0.1) is 5.82 Å². The molecule has 11 heteroatoms. The molecule has 3 aromatic heterocycles. The number of rotatable bonds is 11. The summed E-state index contributed by atoms with van der Waals surface area (Å²) in [6.07, 6.45) is 4.22. The minimum absolute atomic E-state index is 0.198. The summed E-state index contributed by atoms with van der Waals surface area (Å²) < 4.78 is 26.0. The van der Waals surface area contributed by atoms with Crippen LogP contribution in [0.4, 0.5) is 4.39 Å². The maximum atomic E-state index is 13.5. The highest BCUT2D eigenvalue weighted by Gasteiger charge is 2.26. The van der Waals surface area contributed by atoms with Gasteiger partial charge >= 0.3 is 0 Å². The van der Waals surface area contributed by atoms with Crippen molar-refractivity contribution in [3.8, 4) is 11.5 Å². The molecule has 0 aliphatic carbocycles. The lowest BCUT2D eigenvalue weighted by Crippen LogP contribution is -2.32. The number of hydrogen-bond donors (Lipinski definition) is 1. The van der Waals surface area contributed by atoms with E-state index in [0.29, 0.717) is 54.5 Å². The van der Waals surface area contributed by atoms with E-state index >= 15 is 0 Å². The zero-order valence-electron chi connectivity index (χ0n) is 22.5. The zero-order chi connectivity index (χ0) is 28.1. The number of methoxy groups -OCH3 is 2. The van der Waals surface area contributed by atoms with E-state index in [-0.39, 0.29) is 17.4 Å². The molecule has 3 heterocycles. The summed E-state index contributed by atoms with van der Waals surface area (Å²) in [6, 6.07) is 15.4. The Morgan fingerprint density at radius 3 is 2.50 bits per heavy atom. The van der Waals surface area contributed by atoms with Crippen LogP contribution >= 0.6 is 0 Å². The Balaban J connectivity index is 1.52. The summed E-state index contributed by atoms with van der Waals surface area (Å²) in [7, 11) is 3.13. The second-order valence-corrected chi connectivity index (χ2v) is 9.43. The fourth-order valence-corrected chi connectivity index (χ4v) is 4.85. The van der Waals surface area contributed by atoms with E-state index in [0.717, 1.165) is 16.5 Å². The van der Waals surface area contributed by atoms with Crippen LogP contribution in [0.25, 0.3) is 10.9 Å². The molecule has 0 aliphatic rings. The number of halogens is 1. The largest absolute Gasteiger partial charge is 0.493 e. The van der Waals surface area contributed by atoms with Crippen molar-refractivity contribution in [1.29, 1.82) is 0 Å². The topological polar surface area (TPSA) is 111 Å². The fraction of sp³-hybridized carbons (Fsp3) is 0.276. The molecule has 1 atom stereocenters. The Bertz CT molecular complexity index is 1640. The summed E-state index contributed by atoms with van der Waals surface area (Å²) in [5, 5.41) is 13.4. The Kier molecular flexibility index (Phi) is 8.11. The molecule has 206 valence electrons. The Labute approximate surface area is 230 Å². The van der Waals surface area contributed by atoms with Crippen molar-refractivity contribution in [2.45, 2.75) is 39.0 Å². The van der Waals surface area contributed by atoms with Crippen molar-refractivity contribution in [3.63, 3.8) is 0 Å². The molecular formula is C29H30FN7O3. The highest BCUT2D eigenvalue weighted by molar-refractivity contribution is 5.83. The quantitative estimate of drug-likeness (QED) is 0.263. The number of tetrazole rings is 1. The maximum absolute atomic E-state index is 13.5. The van der Waals surface area contributed by atoms with Crippen LogP contribution < -0.4 is 15.0 Å². The molecular weight excluding hydrogens is 513 g/mol. The molecule has 0 fully saturated rings. The highest BCUT2D eigenvalue weighted by Crippen LogP contribution is 2.32. The van der Waals surface area contributed by atoms with E-state index in [1.165, 1.54) is 12.1 Å². The molecule has 2 aromatic carbocycles. The summed E-state index contributed by atoms with van der Waals surface area (Å²) in [6.45, 7) is 3.28. The predicted molar refractivity (Wildman–Crippen MR) is 148 cm³/mol. The molecule has 10 nitrogen and oxygen atoms in total. The highest BCUT2D eigenvalue weighted by atomic mass is 19.1. The number of benzene rings is 2. The van der Waals surface area contributed by atoms with Gasteiger partial charge in [0.2, 0.25) is 0 Å². The molecule has 0 aliphatic heterocycles. The molecule has 1 unspecified atom stereocenters. The van der Waals surface area contributed by atoms with E-state index in [1.54, 1.807) is 43.3 Å². The third-order valence-electron chi connectivity index (χ3n) is 6.84. The standard InChI is InChI=1S/C29H30FN7O3/c1-4-25(28-33-34-35-37(28)17-19-7-9-23(30)10-8-19)36(16-20-6-5-11-31-15-20)18-22-12-21-13-26(39-2)27(40-3)14-24(21)32-29(22)38/h5-15,25H,4,16-18H2,1-3H3,(H,32,38). The van der Waals surface area contributed by atoms with Gasteiger partial charge in [-0.3, -0.25) is 14.7 Å².